The van der Waals surface area contributed by atoms with Crippen LogP contribution in [0.25, 0.3) is 0 Å². The largest absolute Gasteiger partial charge is 0.439 e. The van der Waals surface area contributed by atoms with Crippen molar-refractivity contribution in [2.24, 2.45) is 0 Å². The van der Waals surface area contributed by atoms with Gasteiger partial charge < -0.3 is 10.1 Å². The number of benzene rings is 1. The molecule has 2 aromatic rings. The van der Waals surface area contributed by atoms with Gasteiger partial charge in [0.1, 0.15) is 5.75 Å². The number of aryl methyl sites for hydroxylation is 1. The van der Waals surface area contributed by atoms with Crippen LogP contribution in [0.15, 0.2) is 30.3 Å². The van der Waals surface area contributed by atoms with Gasteiger partial charge in [-0.05, 0) is 49.2 Å². The van der Waals surface area contributed by atoms with Crippen molar-refractivity contribution in [1.29, 1.82) is 0 Å². The molecule has 3 nitrogen and oxygen atoms in total. The number of ether oxygens (including phenoxy) is 1. The number of hydrogen-bond donors (Lipinski definition) is 1. The zero-order valence-corrected chi connectivity index (χ0v) is 13.7. The molecule has 0 fully saturated rings. The Kier molecular flexibility index (Phi) is 5.21. The van der Waals surface area contributed by atoms with E-state index in [0.717, 1.165) is 29.1 Å². The predicted molar refractivity (Wildman–Crippen MR) is 87.4 cm³/mol. The summed E-state index contributed by atoms with van der Waals surface area (Å²) in [7, 11) is 1.93. The van der Waals surface area contributed by atoms with Crippen LogP contribution in [0.1, 0.15) is 36.6 Å². The van der Waals surface area contributed by atoms with Gasteiger partial charge in [-0.25, -0.2) is 4.98 Å². The molecule has 21 heavy (non-hydrogen) atoms. The summed E-state index contributed by atoms with van der Waals surface area (Å²) in [6.07, 6.45) is 0. The monoisotopic (exact) mass is 304 g/mol. The van der Waals surface area contributed by atoms with Crippen LogP contribution in [-0.4, -0.2) is 12.0 Å². The fraction of sp³-hybridized carbons (Fsp3) is 0.353. The molecule has 0 saturated heterocycles. The fourth-order valence-corrected chi connectivity index (χ4v) is 2.19. The number of nitrogens with one attached hydrogen (secondary N) is 1. The average molecular weight is 305 g/mol. The van der Waals surface area contributed by atoms with E-state index in [4.69, 9.17) is 16.3 Å². The molecule has 0 unspecified atom stereocenters. The molecule has 0 spiro atoms. The number of aromatic nitrogens is 1. The van der Waals surface area contributed by atoms with E-state index in [0.29, 0.717) is 16.8 Å². The second-order valence-electron chi connectivity index (χ2n) is 5.44. The minimum absolute atomic E-state index is 0.351. The third-order valence-corrected chi connectivity index (χ3v) is 3.45. The van der Waals surface area contributed by atoms with E-state index in [9.17, 15) is 0 Å². The molecule has 1 aromatic heterocycles. The average Bonchev–Trinajstić information content (AvgIpc) is 2.43. The summed E-state index contributed by atoms with van der Waals surface area (Å²) in [5.74, 6) is 1.70. The van der Waals surface area contributed by atoms with Crippen LogP contribution in [0, 0.1) is 6.92 Å². The van der Waals surface area contributed by atoms with E-state index in [1.807, 2.05) is 38.2 Å². The van der Waals surface area contributed by atoms with E-state index in [2.05, 4.69) is 30.2 Å². The number of rotatable bonds is 5. The van der Waals surface area contributed by atoms with E-state index < -0.39 is 0 Å². The Morgan fingerprint density at radius 3 is 2.67 bits per heavy atom. The molecular weight excluding hydrogens is 284 g/mol. The topological polar surface area (TPSA) is 34.1 Å². The summed E-state index contributed by atoms with van der Waals surface area (Å²) in [6, 6.07) is 9.69. The molecule has 0 aliphatic heterocycles. The van der Waals surface area contributed by atoms with Crippen LogP contribution in [0.5, 0.6) is 11.6 Å². The van der Waals surface area contributed by atoms with Crippen molar-refractivity contribution in [1.82, 2.24) is 10.3 Å². The molecule has 0 bridgehead atoms. The second-order valence-corrected chi connectivity index (χ2v) is 5.87. The van der Waals surface area contributed by atoms with Crippen LogP contribution >= 0.6 is 11.6 Å². The SMILES string of the molecule is CNCc1cc(Oc2cc(Cl)ccc2C)nc(C(C)C)c1. The van der Waals surface area contributed by atoms with Crippen LogP contribution in [0.4, 0.5) is 0 Å². The lowest BCUT2D eigenvalue weighted by atomic mass is 10.1. The normalized spacial score (nSPS) is 11.0. The quantitative estimate of drug-likeness (QED) is 0.871. The van der Waals surface area contributed by atoms with Crippen molar-refractivity contribution in [2.75, 3.05) is 7.05 Å². The van der Waals surface area contributed by atoms with Crippen molar-refractivity contribution < 1.29 is 4.74 Å². The molecule has 0 aliphatic rings. The standard InChI is InChI=1S/C17H21ClN2O/c1-11(2)15-7-13(10-19-4)8-17(20-15)21-16-9-14(18)6-5-12(16)3/h5-9,11,19H,10H2,1-4H3. The summed E-state index contributed by atoms with van der Waals surface area (Å²) in [5, 5.41) is 3.82. The van der Waals surface area contributed by atoms with Crippen LogP contribution < -0.4 is 10.1 Å². The second kappa shape index (κ2) is 6.92. The molecule has 1 N–H and O–H groups in total. The van der Waals surface area contributed by atoms with Crippen LogP contribution in [0.2, 0.25) is 5.02 Å². The maximum atomic E-state index is 6.04. The van der Waals surface area contributed by atoms with Gasteiger partial charge in [0.2, 0.25) is 5.88 Å². The van der Waals surface area contributed by atoms with Gasteiger partial charge in [-0.15, -0.1) is 0 Å². The van der Waals surface area contributed by atoms with Crippen LogP contribution in [-0.2, 0) is 6.54 Å². The van der Waals surface area contributed by atoms with Crippen molar-refractivity contribution in [3.63, 3.8) is 0 Å². The Bertz CT molecular complexity index is 626. The first kappa shape index (κ1) is 15.8. The lowest BCUT2D eigenvalue weighted by molar-refractivity contribution is 0.455. The molecule has 0 saturated carbocycles. The maximum Gasteiger partial charge on any atom is 0.219 e. The van der Waals surface area contributed by atoms with Gasteiger partial charge in [0.15, 0.2) is 0 Å². The molecular formula is C17H21ClN2O. The van der Waals surface area contributed by atoms with Crippen molar-refractivity contribution >= 4 is 11.6 Å². The third-order valence-electron chi connectivity index (χ3n) is 3.22. The smallest absolute Gasteiger partial charge is 0.219 e. The van der Waals surface area contributed by atoms with E-state index in [-0.39, 0.29) is 0 Å². The van der Waals surface area contributed by atoms with Gasteiger partial charge in [-0.3, -0.25) is 0 Å². The zero-order valence-electron chi connectivity index (χ0n) is 12.9. The molecule has 2 rings (SSSR count). The molecule has 4 heteroatoms. The van der Waals surface area contributed by atoms with Gasteiger partial charge in [0.05, 0.1) is 0 Å². The predicted octanol–water partition coefficient (Wildman–Crippen LogP) is 4.68. The number of nitrogens with zero attached hydrogens (tertiary/aromatic N) is 1. The highest BCUT2D eigenvalue weighted by molar-refractivity contribution is 6.30. The van der Waals surface area contributed by atoms with E-state index in [1.54, 1.807) is 0 Å². The first-order valence-corrected chi connectivity index (χ1v) is 7.47. The Labute approximate surface area is 131 Å². The van der Waals surface area contributed by atoms with Gasteiger partial charge in [0, 0.05) is 23.3 Å². The summed E-state index contributed by atoms with van der Waals surface area (Å²) < 4.78 is 5.94. The molecule has 0 amide bonds. The Morgan fingerprint density at radius 2 is 2.00 bits per heavy atom. The highest BCUT2D eigenvalue weighted by atomic mass is 35.5. The van der Waals surface area contributed by atoms with Crippen LogP contribution in [0.3, 0.4) is 0 Å². The van der Waals surface area contributed by atoms with E-state index >= 15 is 0 Å². The number of pyridine rings is 1. The fourth-order valence-electron chi connectivity index (χ4n) is 2.03. The molecule has 0 radical (unpaired) electrons. The van der Waals surface area contributed by atoms with Gasteiger partial charge in [-0.2, -0.15) is 0 Å². The Morgan fingerprint density at radius 1 is 1.24 bits per heavy atom. The Hall–Kier alpha value is -1.58. The van der Waals surface area contributed by atoms with Crippen molar-refractivity contribution in [3.8, 4) is 11.6 Å². The first-order valence-electron chi connectivity index (χ1n) is 7.09. The van der Waals surface area contributed by atoms with Gasteiger partial charge in [0.25, 0.3) is 0 Å². The third kappa shape index (κ3) is 4.19. The number of halogens is 1. The molecule has 1 aromatic carbocycles. The highest BCUT2D eigenvalue weighted by Gasteiger charge is 2.09. The minimum atomic E-state index is 0.351. The highest BCUT2D eigenvalue weighted by Crippen LogP contribution is 2.28. The van der Waals surface area contributed by atoms with E-state index in [1.165, 1.54) is 0 Å². The summed E-state index contributed by atoms with van der Waals surface area (Å²) in [4.78, 5) is 4.59. The van der Waals surface area contributed by atoms with Gasteiger partial charge in [-0.1, -0.05) is 31.5 Å². The summed E-state index contributed by atoms with van der Waals surface area (Å²) in [6.45, 7) is 7.03. The first-order chi connectivity index (χ1) is 9.99. The zero-order chi connectivity index (χ0) is 15.4. The van der Waals surface area contributed by atoms with Crippen molar-refractivity contribution in [2.45, 2.75) is 33.2 Å². The summed E-state index contributed by atoms with van der Waals surface area (Å²) in [5.41, 5.74) is 3.22. The lowest BCUT2D eigenvalue weighted by Crippen LogP contribution is -2.07. The maximum absolute atomic E-state index is 6.04. The molecule has 0 aliphatic carbocycles. The summed E-state index contributed by atoms with van der Waals surface area (Å²) >= 11 is 6.04. The molecule has 0 atom stereocenters. The molecule has 112 valence electrons. The lowest BCUT2D eigenvalue weighted by Gasteiger charge is -2.13. The molecule has 1 heterocycles. The Balaban J connectivity index is 2.36. The van der Waals surface area contributed by atoms with Gasteiger partial charge >= 0.3 is 0 Å². The minimum Gasteiger partial charge on any atom is -0.439 e. The number of hydrogen-bond acceptors (Lipinski definition) is 3. The van der Waals surface area contributed by atoms with Crippen molar-refractivity contribution in [3.05, 3.63) is 52.2 Å².